The van der Waals surface area contributed by atoms with Crippen LogP contribution < -0.4 is 0 Å². The second kappa shape index (κ2) is 8.20. The fourth-order valence-corrected chi connectivity index (χ4v) is 2.64. The molecule has 0 saturated carbocycles. The minimum atomic E-state index is -0.0856. The van der Waals surface area contributed by atoms with E-state index < -0.39 is 0 Å². The predicted octanol–water partition coefficient (Wildman–Crippen LogP) is 1.81. The number of Topliss-reactive ketones (excluding diaryl/α,β-unsaturated/α-hetero) is 2. The van der Waals surface area contributed by atoms with Crippen molar-refractivity contribution in [2.45, 2.75) is 38.8 Å². The quantitative estimate of drug-likeness (QED) is 0.734. The third-order valence-corrected chi connectivity index (χ3v) is 4.07. The van der Waals surface area contributed by atoms with E-state index in [9.17, 15) is 9.59 Å². The molecule has 0 amide bonds. The van der Waals surface area contributed by atoms with Crippen molar-refractivity contribution >= 4 is 11.6 Å². The lowest BCUT2D eigenvalue weighted by Gasteiger charge is -2.23. The zero-order chi connectivity index (χ0) is 16.9. The van der Waals surface area contributed by atoms with Gasteiger partial charge in [-0.1, -0.05) is 24.3 Å². The molecule has 0 aliphatic heterocycles. The number of hydrogen-bond donors (Lipinski definition) is 0. The number of likely N-dealkylation sites (N-methyl/N-ethyl adjacent to an activating group) is 2. The Morgan fingerprint density at radius 2 is 1.05 bits per heavy atom. The molecule has 0 fully saturated rings. The molecule has 2 atom stereocenters. The molecule has 0 aromatic heterocycles. The molecule has 0 aliphatic carbocycles. The number of ketones is 2. The van der Waals surface area contributed by atoms with Crippen LogP contribution in [0, 0.1) is 0 Å². The molecule has 0 saturated heterocycles. The van der Waals surface area contributed by atoms with Crippen molar-refractivity contribution in [2.24, 2.45) is 0 Å². The summed E-state index contributed by atoms with van der Waals surface area (Å²) >= 11 is 0. The van der Waals surface area contributed by atoms with Gasteiger partial charge in [0.25, 0.3) is 0 Å². The minimum Gasteiger partial charge on any atom is -0.299 e. The van der Waals surface area contributed by atoms with Gasteiger partial charge in [-0.25, -0.2) is 0 Å². The van der Waals surface area contributed by atoms with Crippen molar-refractivity contribution in [3.63, 3.8) is 0 Å². The molecule has 1 aromatic carbocycles. The molecule has 0 aliphatic rings. The van der Waals surface area contributed by atoms with Gasteiger partial charge in [0, 0.05) is 0 Å². The first-order valence-corrected chi connectivity index (χ1v) is 7.64. The van der Waals surface area contributed by atoms with Gasteiger partial charge in [0.2, 0.25) is 0 Å². The zero-order valence-electron chi connectivity index (χ0n) is 14.6. The van der Waals surface area contributed by atoms with E-state index in [-0.39, 0.29) is 23.7 Å². The normalized spacial score (nSPS) is 14.2. The number of nitrogens with zero attached hydrogens (tertiary/aromatic N) is 2. The summed E-state index contributed by atoms with van der Waals surface area (Å²) in [5, 5.41) is 0. The Morgan fingerprint density at radius 3 is 1.23 bits per heavy atom. The Kier molecular flexibility index (Phi) is 6.91. The molecule has 0 N–H and O–H groups in total. The van der Waals surface area contributed by atoms with Gasteiger partial charge in [-0.05, 0) is 66.0 Å². The molecule has 1 aromatic rings. The first-order valence-electron chi connectivity index (χ1n) is 7.64. The van der Waals surface area contributed by atoms with Crippen LogP contribution in [0.4, 0.5) is 0 Å². The van der Waals surface area contributed by atoms with Crippen LogP contribution in [0.1, 0.15) is 25.0 Å². The van der Waals surface area contributed by atoms with Crippen LogP contribution in [-0.4, -0.2) is 61.6 Å². The van der Waals surface area contributed by atoms with E-state index in [1.165, 1.54) is 0 Å². The van der Waals surface area contributed by atoms with Gasteiger partial charge in [-0.15, -0.1) is 0 Å². The Hall–Kier alpha value is -1.52. The largest absolute Gasteiger partial charge is 0.299 e. The first-order chi connectivity index (χ1) is 10.2. The Balaban J connectivity index is 2.78. The summed E-state index contributed by atoms with van der Waals surface area (Å²) in [6, 6.07) is 8.06. The maximum absolute atomic E-state index is 11.7. The standard InChI is InChI=1S/C18H28N2O2/c1-13(21)17(19(3)4)11-15-7-9-16(10-8-15)12-18(14(2)22)20(5)6/h7-10,17-18H,11-12H2,1-6H3. The van der Waals surface area contributed by atoms with Crippen molar-refractivity contribution < 1.29 is 9.59 Å². The van der Waals surface area contributed by atoms with E-state index in [4.69, 9.17) is 0 Å². The third kappa shape index (κ3) is 5.35. The van der Waals surface area contributed by atoms with Crippen LogP contribution in [0.3, 0.4) is 0 Å². The second-order valence-electron chi connectivity index (χ2n) is 6.40. The molecule has 4 heteroatoms. The summed E-state index contributed by atoms with van der Waals surface area (Å²) in [6.07, 6.45) is 1.43. The van der Waals surface area contributed by atoms with Crippen molar-refractivity contribution in [3.05, 3.63) is 35.4 Å². The van der Waals surface area contributed by atoms with Crippen molar-refractivity contribution in [2.75, 3.05) is 28.2 Å². The Bertz CT molecular complexity index is 459. The maximum atomic E-state index is 11.7. The average molecular weight is 304 g/mol. The van der Waals surface area contributed by atoms with Crippen LogP contribution in [0.5, 0.6) is 0 Å². The summed E-state index contributed by atoms with van der Waals surface area (Å²) in [5.41, 5.74) is 2.28. The van der Waals surface area contributed by atoms with Crippen LogP contribution in [0.15, 0.2) is 24.3 Å². The summed E-state index contributed by atoms with van der Waals surface area (Å²) in [6.45, 7) is 3.27. The van der Waals surface area contributed by atoms with Crippen molar-refractivity contribution in [1.29, 1.82) is 0 Å². The van der Waals surface area contributed by atoms with Gasteiger partial charge in [0.15, 0.2) is 0 Å². The lowest BCUT2D eigenvalue weighted by Crippen LogP contribution is -2.36. The monoisotopic (exact) mass is 304 g/mol. The molecule has 0 bridgehead atoms. The predicted molar refractivity (Wildman–Crippen MR) is 90.2 cm³/mol. The van der Waals surface area contributed by atoms with E-state index in [2.05, 4.69) is 24.3 Å². The van der Waals surface area contributed by atoms with Gasteiger partial charge in [-0.3, -0.25) is 19.4 Å². The van der Waals surface area contributed by atoms with Gasteiger partial charge >= 0.3 is 0 Å². The molecule has 4 nitrogen and oxygen atoms in total. The van der Waals surface area contributed by atoms with Crippen LogP contribution in [0.25, 0.3) is 0 Å². The highest BCUT2D eigenvalue weighted by Crippen LogP contribution is 2.13. The zero-order valence-corrected chi connectivity index (χ0v) is 14.6. The lowest BCUT2D eigenvalue weighted by molar-refractivity contribution is -0.122. The van der Waals surface area contributed by atoms with Crippen LogP contribution in [-0.2, 0) is 22.4 Å². The molecule has 122 valence electrons. The first kappa shape index (κ1) is 18.5. The highest BCUT2D eigenvalue weighted by molar-refractivity contribution is 5.82. The number of carbonyl (C=O) groups excluding carboxylic acids is 2. The average Bonchev–Trinajstić information content (AvgIpc) is 2.42. The van der Waals surface area contributed by atoms with E-state index >= 15 is 0 Å². The Morgan fingerprint density at radius 1 is 0.773 bits per heavy atom. The van der Waals surface area contributed by atoms with E-state index in [0.717, 1.165) is 11.1 Å². The topological polar surface area (TPSA) is 40.6 Å². The van der Waals surface area contributed by atoms with Crippen molar-refractivity contribution in [3.8, 4) is 0 Å². The number of rotatable bonds is 8. The Labute approximate surface area is 134 Å². The van der Waals surface area contributed by atoms with E-state index in [1.54, 1.807) is 13.8 Å². The second-order valence-corrected chi connectivity index (χ2v) is 6.40. The van der Waals surface area contributed by atoms with E-state index in [1.807, 2.05) is 38.0 Å². The number of carbonyl (C=O) groups is 2. The molecular formula is C18H28N2O2. The molecule has 22 heavy (non-hydrogen) atoms. The lowest BCUT2D eigenvalue weighted by atomic mass is 9.98. The molecule has 1 rings (SSSR count). The van der Waals surface area contributed by atoms with Crippen LogP contribution >= 0.6 is 0 Å². The molecule has 0 spiro atoms. The number of hydrogen-bond acceptors (Lipinski definition) is 4. The van der Waals surface area contributed by atoms with Gasteiger partial charge < -0.3 is 0 Å². The smallest absolute Gasteiger partial charge is 0.147 e. The summed E-state index contributed by atoms with van der Waals surface area (Å²) < 4.78 is 0. The van der Waals surface area contributed by atoms with Gasteiger partial charge in [0.05, 0.1) is 12.1 Å². The van der Waals surface area contributed by atoms with Gasteiger partial charge in [-0.2, -0.15) is 0 Å². The minimum absolute atomic E-state index is 0.0856. The fraction of sp³-hybridized carbons (Fsp3) is 0.556. The highest BCUT2D eigenvalue weighted by Gasteiger charge is 2.18. The summed E-state index contributed by atoms with van der Waals surface area (Å²) in [4.78, 5) is 27.2. The van der Waals surface area contributed by atoms with Crippen molar-refractivity contribution in [1.82, 2.24) is 9.80 Å². The summed E-state index contributed by atoms with van der Waals surface area (Å²) in [5.74, 6) is 0.358. The van der Waals surface area contributed by atoms with Gasteiger partial charge in [0.1, 0.15) is 11.6 Å². The van der Waals surface area contributed by atoms with Crippen LogP contribution in [0.2, 0.25) is 0 Å². The molecular weight excluding hydrogens is 276 g/mol. The highest BCUT2D eigenvalue weighted by atomic mass is 16.1. The number of benzene rings is 1. The maximum Gasteiger partial charge on any atom is 0.147 e. The molecule has 2 unspecified atom stereocenters. The molecule has 0 heterocycles. The fourth-order valence-electron chi connectivity index (χ4n) is 2.64. The SMILES string of the molecule is CC(=O)C(Cc1ccc(CC(C(C)=O)N(C)C)cc1)N(C)C. The van der Waals surface area contributed by atoms with E-state index in [0.29, 0.717) is 12.8 Å². The summed E-state index contributed by atoms with van der Waals surface area (Å²) in [7, 11) is 7.70. The third-order valence-electron chi connectivity index (χ3n) is 4.07. The molecule has 0 radical (unpaired) electrons.